The van der Waals surface area contributed by atoms with E-state index in [2.05, 4.69) is 20.7 Å². The lowest BCUT2D eigenvalue weighted by atomic mass is 10.2. The smallest absolute Gasteiger partial charge is 0.161 e. The number of nitrogens with zero attached hydrogens (tertiary/aromatic N) is 2. The van der Waals surface area contributed by atoms with Gasteiger partial charge >= 0.3 is 0 Å². The Labute approximate surface area is 119 Å². The van der Waals surface area contributed by atoms with Crippen molar-refractivity contribution in [1.82, 2.24) is 9.97 Å². The maximum Gasteiger partial charge on any atom is 0.161 e. The number of nitrogens with one attached hydrogen (secondary N) is 2. The Morgan fingerprint density at radius 3 is 2.19 bits per heavy atom. The minimum absolute atomic E-state index is 0.00801. The van der Waals surface area contributed by atoms with Crippen LogP contribution in [0.4, 0.5) is 30.5 Å². The molecule has 0 saturated carbocycles. The van der Waals surface area contributed by atoms with Gasteiger partial charge in [-0.25, -0.2) is 29.0 Å². The van der Waals surface area contributed by atoms with E-state index in [0.717, 1.165) is 6.07 Å². The highest BCUT2D eigenvalue weighted by Crippen LogP contribution is 2.24. The number of nitrogen functional groups attached to an aromatic ring is 1. The van der Waals surface area contributed by atoms with Crippen LogP contribution in [0, 0.1) is 17.5 Å². The number of anilines is 3. The molecule has 0 fully saturated rings. The summed E-state index contributed by atoms with van der Waals surface area (Å²) in [6, 6.07) is 2.61. The molecule has 0 aliphatic rings. The predicted molar refractivity (Wildman–Crippen MR) is 73.5 cm³/mol. The normalized spacial score (nSPS) is 10.8. The van der Waals surface area contributed by atoms with Gasteiger partial charge in [-0.3, -0.25) is 0 Å². The van der Waals surface area contributed by atoms with Crippen molar-refractivity contribution in [1.29, 1.82) is 0 Å². The zero-order valence-corrected chi connectivity index (χ0v) is 11.4. The average Bonchev–Trinajstić information content (AvgIpc) is 2.44. The Morgan fingerprint density at radius 1 is 0.952 bits per heavy atom. The third-order valence-electron chi connectivity index (χ3n) is 2.68. The van der Waals surface area contributed by atoms with E-state index in [9.17, 15) is 13.2 Å². The molecule has 1 heterocycles. The molecule has 0 unspecified atom stereocenters. The molecule has 0 aliphatic heterocycles. The zero-order valence-electron chi connectivity index (χ0n) is 11.4. The van der Waals surface area contributed by atoms with Gasteiger partial charge in [0.25, 0.3) is 0 Å². The van der Waals surface area contributed by atoms with Crippen molar-refractivity contribution < 1.29 is 13.2 Å². The van der Waals surface area contributed by atoms with Gasteiger partial charge < -0.3 is 10.7 Å². The van der Waals surface area contributed by atoms with Crippen molar-refractivity contribution >= 4 is 17.3 Å². The molecule has 2 aromatic rings. The standard InChI is InChI=1S/C13H14F3N5/c1-6(2)13-19-11(5-12(20-13)21-17)18-10-4-8(15)7(14)3-9(10)16/h3-6H,17H2,1-2H3,(H2,18,19,20,21). The monoisotopic (exact) mass is 297 g/mol. The molecule has 5 nitrogen and oxygen atoms in total. The number of hydrogen-bond donors (Lipinski definition) is 3. The van der Waals surface area contributed by atoms with Gasteiger partial charge in [-0.2, -0.15) is 0 Å². The summed E-state index contributed by atoms with van der Waals surface area (Å²) in [4.78, 5) is 8.30. The number of nitrogens with two attached hydrogens (primary N) is 1. The van der Waals surface area contributed by atoms with Crippen molar-refractivity contribution in [2.45, 2.75) is 19.8 Å². The summed E-state index contributed by atoms with van der Waals surface area (Å²) in [7, 11) is 0. The second-order valence-electron chi connectivity index (χ2n) is 4.67. The minimum atomic E-state index is -1.26. The number of rotatable bonds is 4. The molecule has 0 amide bonds. The van der Waals surface area contributed by atoms with Crippen LogP contribution in [0.5, 0.6) is 0 Å². The maximum atomic E-state index is 13.6. The van der Waals surface area contributed by atoms with Crippen molar-refractivity contribution in [3.05, 3.63) is 41.5 Å². The highest BCUT2D eigenvalue weighted by Gasteiger charge is 2.12. The van der Waals surface area contributed by atoms with Crippen molar-refractivity contribution in [2.24, 2.45) is 5.84 Å². The van der Waals surface area contributed by atoms with Crippen molar-refractivity contribution in [2.75, 3.05) is 10.7 Å². The highest BCUT2D eigenvalue weighted by molar-refractivity contribution is 5.59. The van der Waals surface area contributed by atoms with Crippen LogP contribution in [0.3, 0.4) is 0 Å². The summed E-state index contributed by atoms with van der Waals surface area (Å²) in [6.07, 6.45) is 0. The quantitative estimate of drug-likeness (QED) is 0.459. The lowest BCUT2D eigenvalue weighted by Gasteiger charge is -2.12. The average molecular weight is 297 g/mol. The molecule has 21 heavy (non-hydrogen) atoms. The van der Waals surface area contributed by atoms with Crippen LogP contribution in [0.2, 0.25) is 0 Å². The van der Waals surface area contributed by atoms with Crippen LogP contribution in [0.15, 0.2) is 18.2 Å². The van der Waals surface area contributed by atoms with Crippen LogP contribution < -0.4 is 16.6 Å². The SMILES string of the molecule is CC(C)c1nc(NN)cc(Nc2cc(F)c(F)cc2F)n1. The molecule has 0 atom stereocenters. The molecule has 1 aromatic heterocycles. The highest BCUT2D eigenvalue weighted by atomic mass is 19.2. The molecule has 0 aliphatic carbocycles. The molecule has 1 aromatic carbocycles. The minimum Gasteiger partial charge on any atom is -0.338 e. The predicted octanol–water partition coefficient (Wildman–Crippen LogP) is 3.05. The Hall–Kier alpha value is -2.35. The zero-order chi connectivity index (χ0) is 15.6. The summed E-state index contributed by atoms with van der Waals surface area (Å²) < 4.78 is 39.7. The molecule has 112 valence electrons. The first-order valence-corrected chi connectivity index (χ1v) is 6.18. The van der Waals surface area contributed by atoms with E-state index in [4.69, 9.17) is 5.84 Å². The van der Waals surface area contributed by atoms with Crippen LogP contribution in [0.25, 0.3) is 0 Å². The first-order valence-electron chi connectivity index (χ1n) is 6.18. The van der Waals surface area contributed by atoms with E-state index in [0.29, 0.717) is 17.7 Å². The molecule has 0 spiro atoms. The second-order valence-corrected chi connectivity index (χ2v) is 4.67. The first kappa shape index (κ1) is 15.0. The van der Waals surface area contributed by atoms with Crippen LogP contribution in [-0.2, 0) is 0 Å². The number of benzene rings is 1. The Morgan fingerprint density at radius 2 is 1.57 bits per heavy atom. The number of hydrogen-bond acceptors (Lipinski definition) is 5. The summed E-state index contributed by atoms with van der Waals surface area (Å²) in [6.45, 7) is 3.75. The van der Waals surface area contributed by atoms with Crippen LogP contribution in [0.1, 0.15) is 25.6 Å². The Kier molecular flexibility index (Phi) is 4.27. The molecule has 0 bridgehead atoms. The third-order valence-corrected chi connectivity index (χ3v) is 2.68. The summed E-state index contributed by atoms with van der Waals surface area (Å²) in [5.41, 5.74) is 2.13. The van der Waals surface area contributed by atoms with Gasteiger partial charge in [0.2, 0.25) is 0 Å². The summed E-state index contributed by atoms with van der Waals surface area (Å²) in [5, 5.41) is 2.58. The molecule has 2 rings (SSSR count). The molecule has 0 saturated heterocycles. The number of hydrazine groups is 1. The largest absolute Gasteiger partial charge is 0.338 e. The number of aromatic nitrogens is 2. The molecular formula is C13H14F3N5. The lowest BCUT2D eigenvalue weighted by molar-refractivity contribution is 0.496. The Bertz CT molecular complexity index is 660. The van der Waals surface area contributed by atoms with Gasteiger partial charge in [0.1, 0.15) is 23.3 Å². The maximum absolute atomic E-state index is 13.6. The molecule has 4 N–H and O–H groups in total. The first-order chi connectivity index (χ1) is 9.90. The summed E-state index contributed by atoms with van der Waals surface area (Å²) in [5.74, 6) is 2.97. The van der Waals surface area contributed by atoms with Gasteiger partial charge in [0, 0.05) is 24.1 Å². The van der Waals surface area contributed by atoms with E-state index in [-0.39, 0.29) is 17.4 Å². The van der Waals surface area contributed by atoms with E-state index in [1.165, 1.54) is 6.07 Å². The molecular weight excluding hydrogens is 283 g/mol. The second kappa shape index (κ2) is 5.96. The van der Waals surface area contributed by atoms with E-state index in [1.54, 1.807) is 0 Å². The van der Waals surface area contributed by atoms with Gasteiger partial charge in [-0.1, -0.05) is 13.8 Å². The van der Waals surface area contributed by atoms with Crippen LogP contribution >= 0.6 is 0 Å². The fourth-order valence-electron chi connectivity index (χ4n) is 1.62. The Balaban J connectivity index is 2.39. The lowest BCUT2D eigenvalue weighted by Crippen LogP contribution is -2.12. The van der Waals surface area contributed by atoms with Gasteiger partial charge in [-0.05, 0) is 0 Å². The van der Waals surface area contributed by atoms with Gasteiger partial charge in [-0.15, -0.1) is 0 Å². The van der Waals surface area contributed by atoms with Crippen molar-refractivity contribution in [3.63, 3.8) is 0 Å². The molecule has 0 radical (unpaired) electrons. The van der Waals surface area contributed by atoms with Crippen LogP contribution in [-0.4, -0.2) is 9.97 Å². The fourth-order valence-corrected chi connectivity index (χ4v) is 1.62. The molecule has 8 heteroatoms. The number of halogens is 3. The topological polar surface area (TPSA) is 75.9 Å². The van der Waals surface area contributed by atoms with Crippen molar-refractivity contribution in [3.8, 4) is 0 Å². The van der Waals surface area contributed by atoms with E-state index in [1.807, 2.05) is 13.8 Å². The summed E-state index contributed by atoms with van der Waals surface area (Å²) >= 11 is 0. The van der Waals surface area contributed by atoms with Gasteiger partial charge in [0.15, 0.2) is 11.6 Å². The third kappa shape index (κ3) is 3.40. The van der Waals surface area contributed by atoms with E-state index >= 15 is 0 Å². The fraction of sp³-hybridized carbons (Fsp3) is 0.231. The van der Waals surface area contributed by atoms with E-state index < -0.39 is 17.5 Å². The van der Waals surface area contributed by atoms with Gasteiger partial charge in [0.05, 0.1) is 5.69 Å².